The number of allylic oxidation sites excluding steroid dienone is 1. The van der Waals surface area contributed by atoms with Crippen molar-refractivity contribution in [1.82, 2.24) is 0 Å². The van der Waals surface area contributed by atoms with Gasteiger partial charge < -0.3 is 35.0 Å². The van der Waals surface area contributed by atoms with Gasteiger partial charge in [0, 0.05) is 35.7 Å². The summed E-state index contributed by atoms with van der Waals surface area (Å²) in [4.78, 5) is 13.7. The van der Waals surface area contributed by atoms with Crippen LogP contribution in [0.5, 0.6) is 34.5 Å². The normalized spacial score (nSPS) is 25.6. The van der Waals surface area contributed by atoms with Gasteiger partial charge in [0.1, 0.15) is 24.9 Å². The van der Waals surface area contributed by atoms with E-state index < -0.39 is 12.0 Å². The topological polar surface area (TPSA) is 163 Å². The quantitative estimate of drug-likeness (QED) is 0.0483. The van der Waals surface area contributed by atoms with Gasteiger partial charge in [-0.2, -0.15) is 0 Å². The van der Waals surface area contributed by atoms with E-state index in [4.69, 9.17) is 15.2 Å². The first-order chi connectivity index (χ1) is 26.7. The van der Waals surface area contributed by atoms with Crippen molar-refractivity contribution in [3.63, 3.8) is 0 Å². The molecule has 1 saturated carbocycles. The van der Waals surface area contributed by atoms with Crippen LogP contribution in [-0.2, 0) is 29.7 Å². The maximum absolute atomic E-state index is 13.7. The molecule has 288 valence electrons. The molecule has 7 atom stereocenters. The second-order valence-corrected chi connectivity index (χ2v) is 16.1. The Labute approximate surface area is 322 Å². The van der Waals surface area contributed by atoms with Gasteiger partial charge in [0.25, 0.3) is 0 Å². The first-order valence-electron chi connectivity index (χ1n) is 19.8. The molecule has 1 fully saturated rings. The van der Waals surface area contributed by atoms with Gasteiger partial charge in [-0.05, 0) is 114 Å². The lowest BCUT2D eigenvalue weighted by Crippen LogP contribution is -2.52. The van der Waals surface area contributed by atoms with Crippen LogP contribution in [0.4, 0.5) is 0 Å². The van der Waals surface area contributed by atoms with Gasteiger partial charge >= 0.3 is 0 Å². The van der Waals surface area contributed by atoms with E-state index in [1.807, 2.05) is 6.07 Å². The number of carbonyl (C=O) groups excluding carboxylic acids is 1. The molecule has 4 aromatic rings. The molecule has 5 aliphatic rings. The molecule has 0 radical (unpaired) electrons. The van der Waals surface area contributed by atoms with Crippen molar-refractivity contribution in [2.24, 2.45) is 23.5 Å². The number of hydrogen-bond donors (Lipinski definition) is 6. The molecule has 7 N–H and O–H groups in total. The fraction of sp³-hybridized carbons (Fsp3) is 0.413. The second kappa shape index (κ2) is 15.3. The molecule has 0 saturated heterocycles. The van der Waals surface area contributed by atoms with E-state index in [1.54, 1.807) is 36.4 Å². The Morgan fingerprint density at radius 1 is 0.891 bits per heavy atom. The number of hydrogen-bond acceptors (Lipinski definition) is 9. The summed E-state index contributed by atoms with van der Waals surface area (Å²) in [5.74, 6) is -0.440. The summed E-state index contributed by atoms with van der Waals surface area (Å²) in [7, 11) is 0. The molecule has 2 bridgehead atoms. The van der Waals surface area contributed by atoms with E-state index in [0.717, 1.165) is 55.2 Å². The Balaban J connectivity index is 1.17. The average Bonchev–Trinajstić information content (AvgIpc) is 3.48. The van der Waals surface area contributed by atoms with Crippen molar-refractivity contribution >= 4 is 5.78 Å². The summed E-state index contributed by atoms with van der Waals surface area (Å²) in [5.41, 5.74) is 11.4. The van der Waals surface area contributed by atoms with Crippen LogP contribution in [0.2, 0.25) is 0 Å². The predicted molar refractivity (Wildman–Crippen MR) is 209 cm³/mol. The van der Waals surface area contributed by atoms with E-state index in [-0.39, 0.29) is 89.6 Å². The minimum absolute atomic E-state index is 0.0201. The van der Waals surface area contributed by atoms with Gasteiger partial charge in [0.15, 0.2) is 23.0 Å². The third-order valence-corrected chi connectivity index (χ3v) is 13.2. The number of Topliss-reactive ketones (excluding diaryl/α,β-unsaturated/α-hetero) is 1. The highest BCUT2D eigenvalue weighted by molar-refractivity contribution is 5.79. The van der Waals surface area contributed by atoms with Crippen molar-refractivity contribution in [3.05, 3.63) is 118 Å². The zero-order chi connectivity index (χ0) is 38.3. The summed E-state index contributed by atoms with van der Waals surface area (Å²) in [5, 5.41) is 55.2. The molecule has 4 aromatic carbocycles. The first-order valence-corrected chi connectivity index (χ1v) is 19.8. The van der Waals surface area contributed by atoms with Crippen LogP contribution in [0.15, 0.2) is 84.9 Å². The summed E-state index contributed by atoms with van der Waals surface area (Å²) in [6.45, 7) is -0.0113. The number of aromatic hydroxyl groups is 4. The number of nitrogens with two attached hydrogens (primary N) is 1. The molecular weight excluding hydrogens is 695 g/mol. The molecule has 0 aliphatic heterocycles. The van der Waals surface area contributed by atoms with E-state index in [2.05, 4.69) is 36.4 Å². The summed E-state index contributed by atoms with van der Waals surface area (Å²) in [6.07, 6.45) is 11.2. The second-order valence-electron chi connectivity index (χ2n) is 16.1. The number of aliphatic hydroxyl groups is 1. The number of ketones is 1. The fourth-order valence-corrected chi connectivity index (χ4v) is 10.9. The minimum atomic E-state index is -0.998. The molecule has 9 heteroatoms. The summed E-state index contributed by atoms with van der Waals surface area (Å²) in [6, 6.07) is 22.3. The van der Waals surface area contributed by atoms with Crippen molar-refractivity contribution in [2.45, 2.75) is 94.2 Å². The molecule has 0 aromatic heterocycles. The van der Waals surface area contributed by atoms with Crippen LogP contribution in [0.3, 0.4) is 0 Å². The van der Waals surface area contributed by atoms with Gasteiger partial charge in [-0.1, -0.05) is 67.5 Å². The van der Waals surface area contributed by atoms with Gasteiger partial charge in [-0.3, -0.25) is 10.5 Å². The van der Waals surface area contributed by atoms with Crippen LogP contribution < -0.4 is 15.2 Å². The first kappa shape index (κ1) is 37.0. The van der Waals surface area contributed by atoms with Gasteiger partial charge in [-0.25, -0.2) is 0 Å². The van der Waals surface area contributed by atoms with E-state index >= 15 is 0 Å². The van der Waals surface area contributed by atoms with E-state index in [1.165, 1.54) is 23.6 Å². The monoisotopic (exact) mass is 745 g/mol. The van der Waals surface area contributed by atoms with Gasteiger partial charge in [0.2, 0.25) is 5.75 Å². The lowest BCUT2D eigenvalue weighted by atomic mass is 9.46. The third-order valence-electron chi connectivity index (χ3n) is 13.2. The largest absolute Gasteiger partial charge is 0.508 e. The third kappa shape index (κ3) is 6.82. The number of phenols is 4. The Bertz CT molecular complexity index is 2090. The maximum atomic E-state index is 13.7. The maximum Gasteiger partial charge on any atom is 0.200 e. The molecule has 7 unspecified atom stereocenters. The number of carbonyl (C=O) groups is 1. The van der Waals surface area contributed by atoms with E-state index in [0.29, 0.717) is 17.9 Å². The Kier molecular flexibility index (Phi) is 10.3. The van der Waals surface area contributed by atoms with Crippen LogP contribution >= 0.6 is 0 Å². The van der Waals surface area contributed by atoms with Crippen LogP contribution in [0.1, 0.15) is 96.6 Å². The average molecular weight is 746 g/mol. The summed E-state index contributed by atoms with van der Waals surface area (Å²) >= 11 is 0. The molecular formula is C46H51NO8. The lowest BCUT2D eigenvalue weighted by molar-refractivity contribution is -0.121. The number of aryl methyl sites for hydroxylation is 2. The smallest absolute Gasteiger partial charge is 0.200 e. The molecule has 9 nitrogen and oxygen atoms in total. The van der Waals surface area contributed by atoms with Crippen LogP contribution in [-0.4, -0.2) is 44.2 Å². The zero-order valence-corrected chi connectivity index (χ0v) is 31.1. The van der Waals surface area contributed by atoms with Crippen molar-refractivity contribution in [3.8, 4) is 34.5 Å². The number of aliphatic hydroxyl groups excluding tert-OH is 1. The number of rotatable bonds is 12. The highest BCUT2D eigenvalue weighted by Crippen LogP contribution is 2.66. The number of fused-ring (bicyclic) bond motifs is 6. The predicted octanol–water partition coefficient (Wildman–Crippen LogP) is 7.78. The zero-order valence-electron chi connectivity index (χ0n) is 31.1. The highest BCUT2D eigenvalue weighted by atomic mass is 16.5. The molecule has 55 heavy (non-hydrogen) atoms. The number of benzene rings is 4. The SMILES string of the molecule is NCOc1cc(CCC(=O)CC(O)C2C=CC3CC(C45CCCCC4CCc4ccccc45)C2c2cc(O)c(O)c(OCc4cccc(O)c4)c23)ccc1O. The van der Waals surface area contributed by atoms with Crippen molar-refractivity contribution in [1.29, 1.82) is 0 Å². The minimum Gasteiger partial charge on any atom is -0.508 e. The standard InChI is InChI=1S/C46H51NO8/c47-26-55-41-21-27(12-18-38(41)50)11-16-33(49)23-39(51)34-17-14-30-22-37(46-19-4-3-8-31(46)15-13-29-7-1-2-10-36(29)46)43(34)35-24-40(52)44(53)45(42(30)35)54-25-28-6-5-9-32(48)20-28/h1-2,5-7,9-10,12,14,17-18,20-21,24,30-31,34,37,39,43,48,50-53H,3-4,8,11,13,15-16,19,22-23,25-26,47H2. The lowest BCUT2D eigenvalue weighted by Gasteiger charge is -2.58. The van der Waals surface area contributed by atoms with Crippen molar-refractivity contribution < 1.29 is 39.8 Å². The summed E-state index contributed by atoms with van der Waals surface area (Å²) < 4.78 is 11.7. The molecule has 0 amide bonds. The Hall–Kier alpha value is -4.99. The molecule has 0 spiro atoms. The fourth-order valence-electron chi connectivity index (χ4n) is 10.9. The van der Waals surface area contributed by atoms with Crippen LogP contribution in [0, 0.1) is 17.8 Å². The molecule has 9 rings (SSSR count). The van der Waals surface area contributed by atoms with E-state index in [9.17, 15) is 30.3 Å². The number of ether oxygens (including phenoxy) is 2. The molecule has 5 aliphatic carbocycles. The van der Waals surface area contributed by atoms with Crippen LogP contribution in [0.25, 0.3) is 0 Å². The van der Waals surface area contributed by atoms with Crippen molar-refractivity contribution in [2.75, 3.05) is 6.73 Å². The van der Waals surface area contributed by atoms with Gasteiger partial charge in [0.05, 0.1) is 6.10 Å². The number of phenolic OH excluding ortho intramolecular Hbond substituents is 4. The Morgan fingerprint density at radius 2 is 1.75 bits per heavy atom. The highest BCUT2D eigenvalue weighted by Gasteiger charge is 2.57. The molecule has 0 heterocycles. The Morgan fingerprint density at radius 3 is 2.58 bits per heavy atom. The van der Waals surface area contributed by atoms with Gasteiger partial charge in [-0.15, -0.1) is 0 Å².